The zero-order valence-electron chi connectivity index (χ0n) is 18.5. The summed E-state index contributed by atoms with van der Waals surface area (Å²) in [5, 5.41) is 3.04. The number of aryl methyl sites for hydroxylation is 1. The van der Waals surface area contributed by atoms with Crippen LogP contribution in [-0.4, -0.2) is 59.7 Å². The second-order valence-corrected chi connectivity index (χ2v) is 9.17. The molecule has 164 valence electrons. The first-order valence-electron chi connectivity index (χ1n) is 11.3. The number of amides is 3. The van der Waals surface area contributed by atoms with Gasteiger partial charge in [0.25, 0.3) is 5.91 Å². The van der Waals surface area contributed by atoms with Gasteiger partial charge in [-0.05, 0) is 56.6 Å². The van der Waals surface area contributed by atoms with Crippen LogP contribution in [0.15, 0.2) is 24.3 Å². The number of nitrogens with zero attached hydrogens (tertiary/aromatic N) is 2. The Kier molecular flexibility index (Phi) is 7.51. The average Bonchev–Trinajstić information content (AvgIpc) is 3.26. The van der Waals surface area contributed by atoms with E-state index in [2.05, 4.69) is 19.2 Å². The van der Waals surface area contributed by atoms with Gasteiger partial charge in [0, 0.05) is 38.2 Å². The van der Waals surface area contributed by atoms with E-state index in [-0.39, 0.29) is 23.6 Å². The van der Waals surface area contributed by atoms with Gasteiger partial charge in [-0.2, -0.15) is 0 Å². The van der Waals surface area contributed by atoms with Gasteiger partial charge in [-0.15, -0.1) is 0 Å². The highest BCUT2D eigenvalue weighted by molar-refractivity contribution is 5.97. The number of benzene rings is 1. The summed E-state index contributed by atoms with van der Waals surface area (Å²) >= 11 is 0. The fraction of sp³-hybridized carbons (Fsp3) is 0.625. The lowest BCUT2D eigenvalue weighted by Gasteiger charge is -2.37. The number of piperidine rings is 1. The van der Waals surface area contributed by atoms with Crippen LogP contribution in [0.2, 0.25) is 0 Å². The Morgan fingerprint density at radius 3 is 2.13 bits per heavy atom. The number of carbonyl (C=O) groups excluding carboxylic acids is 3. The van der Waals surface area contributed by atoms with E-state index in [1.807, 2.05) is 28.9 Å². The minimum atomic E-state index is -0.528. The third-order valence-corrected chi connectivity index (χ3v) is 6.23. The Morgan fingerprint density at radius 1 is 0.967 bits per heavy atom. The molecule has 2 saturated heterocycles. The molecule has 2 heterocycles. The molecular weight excluding hydrogens is 378 g/mol. The molecule has 3 rings (SSSR count). The maximum Gasteiger partial charge on any atom is 0.251 e. The van der Waals surface area contributed by atoms with Crippen LogP contribution in [0.5, 0.6) is 0 Å². The highest BCUT2D eigenvalue weighted by Gasteiger charge is 2.36. The zero-order valence-corrected chi connectivity index (χ0v) is 18.5. The van der Waals surface area contributed by atoms with Crippen molar-refractivity contribution in [2.45, 2.75) is 58.9 Å². The van der Waals surface area contributed by atoms with Gasteiger partial charge < -0.3 is 15.1 Å². The van der Waals surface area contributed by atoms with E-state index in [1.54, 1.807) is 12.1 Å². The Bertz CT molecular complexity index is 745. The van der Waals surface area contributed by atoms with Crippen LogP contribution >= 0.6 is 0 Å². The molecule has 6 nitrogen and oxygen atoms in total. The Morgan fingerprint density at radius 2 is 1.57 bits per heavy atom. The van der Waals surface area contributed by atoms with E-state index in [9.17, 15) is 14.4 Å². The van der Waals surface area contributed by atoms with Crippen LogP contribution in [0.1, 0.15) is 61.9 Å². The number of likely N-dealkylation sites (tertiary alicyclic amines) is 2. The lowest BCUT2D eigenvalue weighted by molar-refractivity contribution is -0.135. The normalized spacial score (nSPS) is 18.5. The molecular formula is C24H35N3O3. The minimum absolute atomic E-state index is 0.0277. The van der Waals surface area contributed by atoms with Crippen molar-refractivity contribution >= 4 is 17.7 Å². The predicted octanol–water partition coefficient (Wildman–Crippen LogP) is 3.00. The van der Waals surface area contributed by atoms with Crippen molar-refractivity contribution < 1.29 is 14.4 Å². The maximum atomic E-state index is 13.3. The Labute approximate surface area is 180 Å². The third-order valence-electron chi connectivity index (χ3n) is 6.23. The van der Waals surface area contributed by atoms with Gasteiger partial charge >= 0.3 is 0 Å². The van der Waals surface area contributed by atoms with Crippen LogP contribution in [0, 0.1) is 18.8 Å². The summed E-state index contributed by atoms with van der Waals surface area (Å²) in [5.74, 6) is 0.407. The molecule has 0 aliphatic carbocycles. The molecule has 30 heavy (non-hydrogen) atoms. The van der Waals surface area contributed by atoms with E-state index in [4.69, 9.17) is 0 Å². The lowest BCUT2D eigenvalue weighted by atomic mass is 9.88. The van der Waals surface area contributed by atoms with Crippen molar-refractivity contribution in [2.75, 3.05) is 26.2 Å². The second kappa shape index (κ2) is 10.1. The quantitative estimate of drug-likeness (QED) is 0.779. The van der Waals surface area contributed by atoms with E-state index < -0.39 is 6.04 Å². The molecule has 0 radical (unpaired) electrons. The zero-order chi connectivity index (χ0) is 21.7. The van der Waals surface area contributed by atoms with E-state index in [0.29, 0.717) is 31.0 Å². The Balaban J connectivity index is 1.68. The summed E-state index contributed by atoms with van der Waals surface area (Å²) in [4.78, 5) is 42.3. The minimum Gasteiger partial charge on any atom is -0.343 e. The molecule has 1 aromatic carbocycles. The molecule has 2 aliphatic rings. The summed E-state index contributed by atoms with van der Waals surface area (Å²) in [5.41, 5.74) is 1.67. The topological polar surface area (TPSA) is 69.7 Å². The summed E-state index contributed by atoms with van der Waals surface area (Å²) in [6, 6.07) is 6.89. The van der Waals surface area contributed by atoms with Gasteiger partial charge in [0.05, 0.1) is 0 Å². The summed E-state index contributed by atoms with van der Waals surface area (Å²) in [7, 11) is 0. The van der Waals surface area contributed by atoms with E-state index in [0.717, 1.165) is 44.3 Å². The molecule has 0 spiro atoms. The van der Waals surface area contributed by atoms with Crippen LogP contribution < -0.4 is 5.32 Å². The SMILES string of the molecule is Cc1ccc(C(=O)N[C@@H](C(=O)N2CCCC2)C2CCN(C(=O)CC(C)C)CC2)cc1. The maximum absolute atomic E-state index is 13.3. The molecule has 1 N–H and O–H groups in total. The molecule has 0 saturated carbocycles. The van der Waals surface area contributed by atoms with Crippen LogP contribution in [0.3, 0.4) is 0 Å². The number of rotatable bonds is 6. The number of nitrogens with one attached hydrogen (secondary N) is 1. The molecule has 2 aliphatic heterocycles. The van der Waals surface area contributed by atoms with Crippen LogP contribution in [-0.2, 0) is 9.59 Å². The standard InChI is InChI=1S/C24H35N3O3/c1-17(2)16-21(28)26-14-10-19(11-15-26)22(24(30)27-12-4-5-13-27)25-23(29)20-8-6-18(3)7-9-20/h6-9,17,19,22H,4-5,10-16H2,1-3H3,(H,25,29)/t22-/m1/s1. The number of carbonyl (C=O) groups is 3. The van der Waals surface area contributed by atoms with Crippen molar-refractivity contribution in [1.82, 2.24) is 15.1 Å². The first-order chi connectivity index (χ1) is 14.3. The molecule has 0 aromatic heterocycles. The molecule has 0 bridgehead atoms. The Hall–Kier alpha value is -2.37. The third kappa shape index (κ3) is 5.61. The van der Waals surface area contributed by atoms with Crippen molar-refractivity contribution in [3.05, 3.63) is 35.4 Å². The second-order valence-electron chi connectivity index (χ2n) is 9.17. The highest BCUT2D eigenvalue weighted by atomic mass is 16.2. The molecule has 2 fully saturated rings. The van der Waals surface area contributed by atoms with Gasteiger partial charge in [-0.3, -0.25) is 14.4 Å². The number of hydrogen-bond donors (Lipinski definition) is 1. The monoisotopic (exact) mass is 413 g/mol. The van der Waals surface area contributed by atoms with Crippen molar-refractivity contribution in [3.8, 4) is 0 Å². The fourth-order valence-electron chi connectivity index (χ4n) is 4.41. The van der Waals surface area contributed by atoms with Crippen molar-refractivity contribution in [2.24, 2.45) is 11.8 Å². The van der Waals surface area contributed by atoms with Gasteiger partial charge in [-0.25, -0.2) is 0 Å². The van der Waals surface area contributed by atoms with Crippen molar-refractivity contribution in [1.29, 1.82) is 0 Å². The summed E-state index contributed by atoms with van der Waals surface area (Å²) in [6.07, 6.45) is 4.08. The van der Waals surface area contributed by atoms with Gasteiger partial charge in [0.2, 0.25) is 11.8 Å². The first kappa shape index (κ1) is 22.3. The largest absolute Gasteiger partial charge is 0.343 e. The average molecular weight is 414 g/mol. The number of hydrogen-bond acceptors (Lipinski definition) is 3. The summed E-state index contributed by atoms with van der Waals surface area (Å²) in [6.45, 7) is 8.92. The predicted molar refractivity (Wildman–Crippen MR) is 117 cm³/mol. The van der Waals surface area contributed by atoms with E-state index >= 15 is 0 Å². The fourth-order valence-corrected chi connectivity index (χ4v) is 4.41. The van der Waals surface area contributed by atoms with Gasteiger partial charge in [0.1, 0.15) is 6.04 Å². The van der Waals surface area contributed by atoms with E-state index in [1.165, 1.54) is 0 Å². The van der Waals surface area contributed by atoms with Crippen molar-refractivity contribution in [3.63, 3.8) is 0 Å². The molecule has 6 heteroatoms. The highest BCUT2D eigenvalue weighted by Crippen LogP contribution is 2.25. The molecule has 3 amide bonds. The van der Waals surface area contributed by atoms with Crippen LogP contribution in [0.4, 0.5) is 0 Å². The smallest absolute Gasteiger partial charge is 0.251 e. The van der Waals surface area contributed by atoms with Gasteiger partial charge in [-0.1, -0.05) is 31.5 Å². The van der Waals surface area contributed by atoms with Crippen LogP contribution in [0.25, 0.3) is 0 Å². The molecule has 1 aromatic rings. The summed E-state index contributed by atoms with van der Waals surface area (Å²) < 4.78 is 0. The first-order valence-corrected chi connectivity index (χ1v) is 11.3. The lowest BCUT2D eigenvalue weighted by Crippen LogP contribution is -2.54. The molecule has 0 unspecified atom stereocenters. The molecule has 1 atom stereocenters. The van der Waals surface area contributed by atoms with Gasteiger partial charge in [0.15, 0.2) is 0 Å².